The Balaban J connectivity index is 2.13. The number of rotatable bonds is 13. The van der Waals surface area contributed by atoms with Crippen LogP contribution in [0.5, 0.6) is 0 Å². The maximum Gasteiger partial charge on any atom is 0.320 e. The quantitative estimate of drug-likeness (QED) is 0.383. The van der Waals surface area contributed by atoms with Gasteiger partial charge in [-0.2, -0.15) is 0 Å². The molecule has 6 nitrogen and oxygen atoms in total. The largest absolute Gasteiger partial charge is 0.481 e. The summed E-state index contributed by atoms with van der Waals surface area (Å²) in [6.45, 7) is 0.521. The first-order valence-electron chi connectivity index (χ1n) is 9.36. The number of carboxylic acid groups (broad SMARTS) is 2. The van der Waals surface area contributed by atoms with E-state index in [4.69, 9.17) is 5.11 Å². The van der Waals surface area contributed by atoms with Gasteiger partial charge < -0.3 is 20.6 Å². The maximum atomic E-state index is 11.3. The molecule has 1 aliphatic rings. The van der Waals surface area contributed by atoms with Crippen LogP contribution < -0.4 is 5.32 Å². The predicted molar refractivity (Wildman–Crippen MR) is 92.0 cm³/mol. The smallest absolute Gasteiger partial charge is 0.320 e. The van der Waals surface area contributed by atoms with E-state index < -0.39 is 18.0 Å². The summed E-state index contributed by atoms with van der Waals surface area (Å²) in [4.78, 5) is 21.7. The number of hydrogen-bond acceptors (Lipinski definition) is 4. The predicted octanol–water partition coefficient (Wildman–Crippen LogP) is 2.79. The summed E-state index contributed by atoms with van der Waals surface area (Å²) < 4.78 is 0. The van der Waals surface area contributed by atoms with Crippen LogP contribution in [0.15, 0.2) is 0 Å². The molecule has 0 bridgehead atoms. The summed E-state index contributed by atoms with van der Waals surface area (Å²) in [7, 11) is 0. The summed E-state index contributed by atoms with van der Waals surface area (Å²) in [5.74, 6) is -1.26. The normalized spacial score (nSPS) is 18.2. The molecule has 0 aliphatic heterocycles. The fourth-order valence-electron chi connectivity index (χ4n) is 3.45. The topological polar surface area (TPSA) is 107 Å². The summed E-state index contributed by atoms with van der Waals surface area (Å²) >= 11 is 0. The SMILES string of the molecule is O=C(O)CCCCCC[C@H](NCC[C@@H](O)C1CCCCC1)C(=O)O. The highest BCUT2D eigenvalue weighted by molar-refractivity contribution is 5.73. The van der Waals surface area contributed by atoms with E-state index in [1.807, 2.05) is 0 Å². The third kappa shape index (κ3) is 9.23. The molecule has 0 aromatic heterocycles. The van der Waals surface area contributed by atoms with Crippen LogP contribution in [0.2, 0.25) is 0 Å². The Morgan fingerprint density at radius 3 is 2.25 bits per heavy atom. The molecule has 0 amide bonds. The van der Waals surface area contributed by atoms with Crippen molar-refractivity contribution in [3.63, 3.8) is 0 Å². The van der Waals surface area contributed by atoms with Crippen molar-refractivity contribution in [1.82, 2.24) is 5.32 Å². The Morgan fingerprint density at radius 1 is 0.958 bits per heavy atom. The standard InChI is InChI=1S/C18H33NO5/c20-16(14-8-4-3-5-9-14)12-13-19-15(18(23)24)10-6-1-2-7-11-17(21)22/h14-16,19-20H,1-13H2,(H,21,22)(H,23,24)/t15-,16+/m0/s1. The van der Waals surface area contributed by atoms with Crippen LogP contribution in [0.3, 0.4) is 0 Å². The Hall–Kier alpha value is -1.14. The van der Waals surface area contributed by atoms with Crippen LogP contribution in [-0.4, -0.2) is 45.9 Å². The molecule has 0 aromatic carbocycles. The molecule has 1 saturated carbocycles. The number of nitrogens with one attached hydrogen (secondary N) is 1. The number of unbranched alkanes of at least 4 members (excludes halogenated alkanes) is 3. The van der Waals surface area contributed by atoms with Crippen LogP contribution >= 0.6 is 0 Å². The molecule has 24 heavy (non-hydrogen) atoms. The van der Waals surface area contributed by atoms with Crippen molar-refractivity contribution >= 4 is 11.9 Å². The highest BCUT2D eigenvalue weighted by Gasteiger charge is 2.22. The van der Waals surface area contributed by atoms with Crippen molar-refractivity contribution in [1.29, 1.82) is 0 Å². The van der Waals surface area contributed by atoms with Gasteiger partial charge in [0.25, 0.3) is 0 Å². The third-order valence-corrected chi connectivity index (χ3v) is 4.96. The average molecular weight is 343 g/mol. The van der Waals surface area contributed by atoms with E-state index in [1.165, 1.54) is 19.3 Å². The van der Waals surface area contributed by atoms with Gasteiger partial charge in [0.15, 0.2) is 0 Å². The zero-order valence-electron chi connectivity index (χ0n) is 14.6. The average Bonchev–Trinajstić information content (AvgIpc) is 2.56. The van der Waals surface area contributed by atoms with Crippen molar-refractivity contribution in [2.24, 2.45) is 5.92 Å². The number of aliphatic hydroxyl groups is 1. The molecule has 1 fully saturated rings. The van der Waals surface area contributed by atoms with E-state index in [0.717, 1.165) is 32.1 Å². The minimum absolute atomic E-state index is 0.180. The fraction of sp³-hybridized carbons (Fsp3) is 0.889. The van der Waals surface area contributed by atoms with Crippen LogP contribution in [0.25, 0.3) is 0 Å². The molecule has 0 aromatic rings. The number of aliphatic hydroxyl groups excluding tert-OH is 1. The van der Waals surface area contributed by atoms with E-state index in [9.17, 15) is 19.8 Å². The van der Waals surface area contributed by atoms with E-state index in [1.54, 1.807) is 0 Å². The minimum Gasteiger partial charge on any atom is -0.481 e. The molecule has 1 aliphatic carbocycles. The van der Waals surface area contributed by atoms with Crippen LogP contribution in [0, 0.1) is 5.92 Å². The van der Waals surface area contributed by atoms with Gasteiger partial charge in [0.2, 0.25) is 0 Å². The lowest BCUT2D eigenvalue weighted by Gasteiger charge is -2.27. The van der Waals surface area contributed by atoms with E-state index in [2.05, 4.69) is 5.32 Å². The minimum atomic E-state index is -0.854. The second-order valence-electron chi connectivity index (χ2n) is 6.95. The van der Waals surface area contributed by atoms with Crippen LogP contribution in [0.1, 0.15) is 77.0 Å². The lowest BCUT2D eigenvalue weighted by atomic mass is 9.84. The Bertz CT molecular complexity index is 368. The molecular weight excluding hydrogens is 310 g/mol. The molecule has 0 unspecified atom stereocenters. The maximum absolute atomic E-state index is 11.3. The Kier molecular flexibility index (Phi) is 10.7. The van der Waals surface area contributed by atoms with Gasteiger partial charge in [0.05, 0.1) is 6.10 Å². The van der Waals surface area contributed by atoms with Gasteiger partial charge in [0.1, 0.15) is 6.04 Å². The monoisotopic (exact) mass is 343 g/mol. The van der Waals surface area contributed by atoms with E-state index in [0.29, 0.717) is 31.7 Å². The first-order valence-corrected chi connectivity index (χ1v) is 9.36. The number of carbonyl (C=O) groups is 2. The zero-order chi connectivity index (χ0) is 17.8. The van der Waals surface area contributed by atoms with E-state index >= 15 is 0 Å². The summed E-state index contributed by atoms with van der Waals surface area (Å²) in [6.07, 6.45) is 9.89. The molecule has 0 radical (unpaired) electrons. The van der Waals surface area contributed by atoms with Gasteiger partial charge in [-0.25, -0.2) is 0 Å². The second kappa shape index (κ2) is 12.3. The lowest BCUT2D eigenvalue weighted by molar-refractivity contribution is -0.140. The summed E-state index contributed by atoms with van der Waals surface area (Å²) in [5, 5.41) is 31.1. The summed E-state index contributed by atoms with van der Waals surface area (Å²) in [5.41, 5.74) is 0. The van der Waals surface area contributed by atoms with Gasteiger partial charge in [-0.1, -0.05) is 38.5 Å². The molecule has 0 heterocycles. The Morgan fingerprint density at radius 2 is 1.62 bits per heavy atom. The number of carboxylic acids is 2. The molecule has 140 valence electrons. The first-order chi connectivity index (χ1) is 11.5. The molecular formula is C18H33NO5. The van der Waals surface area contributed by atoms with Crippen LogP contribution in [0.4, 0.5) is 0 Å². The van der Waals surface area contributed by atoms with Gasteiger partial charge in [-0.3, -0.25) is 9.59 Å². The summed E-state index contributed by atoms with van der Waals surface area (Å²) in [6, 6.07) is -0.581. The molecule has 6 heteroatoms. The second-order valence-corrected chi connectivity index (χ2v) is 6.95. The van der Waals surface area contributed by atoms with Crippen molar-refractivity contribution in [2.45, 2.75) is 89.2 Å². The lowest BCUT2D eigenvalue weighted by Crippen LogP contribution is -2.39. The highest BCUT2D eigenvalue weighted by Crippen LogP contribution is 2.27. The highest BCUT2D eigenvalue weighted by atomic mass is 16.4. The van der Waals surface area contributed by atoms with Crippen molar-refractivity contribution in [2.75, 3.05) is 6.54 Å². The molecule has 0 saturated heterocycles. The Labute approximate surface area is 144 Å². The molecule has 1 rings (SSSR count). The van der Waals surface area contributed by atoms with Crippen LogP contribution in [-0.2, 0) is 9.59 Å². The number of aliphatic carboxylic acids is 2. The van der Waals surface area contributed by atoms with Crippen molar-refractivity contribution in [3.8, 4) is 0 Å². The van der Waals surface area contributed by atoms with Gasteiger partial charge in [-0.15, -0.1) is 0 Å². The fourth-order valence-corrected chi connectivity index (χ4v) is 3.45. The molecule has 0 spiro atoms. The van der Waals surface area contributed by atoms with Gasteiger partial charge >= 0.3 is 11.9 Å². The van der Waals surface area contributed by atoms with E-state index in [-0.39, 0.29) is 12.5 Å². The van der Waals surface area contributed by atoms with Gasteiger partial charge in [0, 0.05) is 6.42 Å². The zero-order valence-corrected chi connectivity index (χ0v) is 14.6. The first kappa shape index (κ1) is 20.9. The van der Waals surface area contributed by atoms with Crippen molar-refractivity contribution in [3.05, 3.63) is 0 Å². The third-order valence-electron chi connectivity index (χ3n) is 4.96. The van der Waals surface area contributed by atoms with Gasteiger partial charge in [-0.05, 0) is 44.6 Å². The number of hydrogen-bond donors (Lipinski definition) is 4. The van der Waals surface area contributed by atoms with Crippen molar-refractivity contribution < 1.29 is 24.9 Å². The molecule has 2 atom stereocenters. The molecule has 4 N–H and O–H groups in total.